The normalized spacial score (nSPS) is 14.3. The predicted molar refractivity (Wildman–Crippen MR) is 112 cm³/mol. The number of hydrogen-bond acceptors (Lipinski definition) is 4. The van der Waals surface area contributed by atoms with E-state index in [1.165, 1.54) is 37.1 Å². The lowest BCUT2D eigenvalue weighted by atomic mass is 9.98. The Morgan fingerprint density at radius 2 is 1.88 bits per heavy atom. The quantitative estimate of drug-likeness (QED) is 0.555. The predicted octanol–water partition coefficient (Wildman–Crippen LogP) is 5.49. The number of rotatable bonds is 5. The zero-order chi connectivity index (χ0) is 19.1. The van der Waals surface area contributed by atoms with Crippen LogP contribution in [0.15, 0.2) is 36.5 Å². The number of nitrogens with zero attached hydrogens (tertiary/aromatic N) is 3. The van der Waals surface area contributed by atoms with Crippen LogP contribution in [0.5, 0.6) is 0 Å². The number of aromatic nitrogens is 1. The number of nitrogens with two attached hydrogens (primary N) is 1. The van der Waals surface area contributed by atoms with Gasteiger partial charge >= 0.3 is 0 Å². The SMILES string of the molecule is CC.CC(C)c1cc(N(N)c2cccc(Cl)c2)ncc1CN1CCCC1. The van der Waals surface area contributed by atoms with Gasteiger partial charge in [0, 0.05) is 17.8 Å². The molecular weight excluding hydrogens is 344 g/mol. The van der Waals surface area contributed by atoms with Crippen LogP contribution in [0, 0.1) is 0 Å². The van der Waals surface area contributed by atoms with Crippen LogP contribution in [0.4, 0.5) is 11.5 Å². The van der Waals surface area contributed by atoms with Gasteiger partial charge in [-0.3, -0.25) is 9.91 Å². The first-order chi connectivity index (χ1) is 12.5. The van der Waals surface area contributed by atoms with Crippen molar-refractivity contribution in [3.63, 3.8) is 0 Å². The molecule has 1 aromatic carbocycles. The number of hydrazine groups is 1. The minimum absolute atomic E-state index is 0.428. The molecule has 0 saturated carbocycles. The summed E-state index contributed by atoms with van der Waals surface area (Å²) in [4.78, 5) is 7.10. The number of benzene rings is 1. The third kappa shape index (κ3) is 5.19. The smallest absolute Gasteiger partial charge is 0.147 e. The number of pyridine rings is 1. The van der Waals surface area contributed by atoms with Gasteiger partial charge in [-0.15, -0.1) is 0 Å². The Hall–Kier alpha value is -1.62. The highest BCUT2D eigenvalue weighted by Gasteiger charge is 2.17. The molecule has 0 amide bonds. The minimum Gasteiger partial charge on any atom is -0.299 e. The van der Waals surface area contributed by atoms with E-state index in [0.29, 0.717) is 10.9 Å². The highest BCUT2D eigenvalue weighted by Crippen LogP contribution is 2.28. The standard InChI is InChI=1S/C19H25ClN4.C2H6/c1-14(2)18-11-19(24(21)17-7-5-6-16(20)10-17)22-12-15(18)13-23-8-3-4-9-23;1-2/h5-7,10-12,14H,3-4,8-9,13,21H2,1-2H3;1-2H3. The van der Waals surface area contributed by atoms with Gasteiger partial charge in [-0.2, -0.15) is 0 Å². The van der Waals surface area contributed by atoms with Crippen molar-refractivity contribution in [2.45, 2.75) is 53.0 Å². The average molecular weight is 375 g/mol. The fraction of sp³-hybridized carbons (Fsp3) is 0.476. The molecule has 0 atom stereocenters. The number of hydrogen-bond donors (Lipinski definition) is 1. The van der Waals surface area contributed by atoms with Crippen molar-refractivity contribution < 1.29 is 0 Å². The number of anilines is 2. The Balaban J connectivity index is 0.00000117. The molecule has 1 saturated heterocycles. The van der Waals surface area contributed by atoms with Crippen molar-refractivity contribution in [2.24, 2.45) is 5.84 Å². The van der Waals surface area contributed by atoms with Crippen molar-refractivity contribution in [3.05, 3.63) is 52.7 Å². The van der Waals surface area contributed by atoms with Crippen LogP contribution in [-0.2, 0) is 6.54 Å². The van der Waals surface area contributed by atoms with Crippen molar-refractivity contribution >= 4 is 23.1 Å². The molecule has 2 aromatic rings. The largest absolute Gasteiger partial charge is 0.299 e. The molecule has 142 valence electrons. The van der Waals surface area contributed by atoms with E-state index in [9.17, 15) is 0 Å². The molecule has 2 heterocycles. The second-order valence-corrected chi connectivity index (χ2v) is 7.17. The maximum Gasteiger partial charge on any atom is 0.147 e. The second kappa shape index (κ2) is 9.91. The van der Waals surface area contributed by atoms with Crippen molar-refractivity contribution in [2.75, 3.05) is 18.1 Å². The van der Waals surface area contributed by atoms with E-state index < -0.39 is 0 Å². The van der Waals surface area contributed by atoms with E-state index >= 15 is 0 Å². The molecule has 1 aromatic heterocycles. The minimum atomic E-state index is 0.428. The molecule has 1 fully saturated rings. The van der Waals surface area contributed by atoms with E-state index in [2.05, 4.69) is 29.8 Å². The van der Waals surface area contributed by atoms with E-state index in [-0.39, 0.29) is 0 Å². The van der Waals surface area contributed by atoms with Gasteiger partial charge in [-0.25, -0.2) is 10.8 Å². The zero-order valence-electron chi connectivity index (χ0n) is 16.4. The van der Waals surface area contributed by atoms with Gasteiger partial charge in [0.05, 0.1) is 5.69 Å². The van der Waals surface area contributed by atoms with Crippen LogP contribution in [0.3, 0.4) is 0 Å². The van der Waals surface area contributed by atoms with Crippen LogP contribution in [0.1, 0.15) is 57.6 Å². The van der Waals surface area contributed by atoms with Crippen molar-refractivity contribution in [1.29, 1.82) is 0 Å². The van der Waals surface area contributed by atoms with Gasteiger partial charge in [-0.1, -0.05) is 45.4 Å². The fourth-order valence-corrected chi connectivity index (χ4v) is 3.41. The molecule has 0 unspecified atom stereocenters. The average Bonchev–Trinajstić information content (AvgIpc) is 3.16. The Kier molecular flexibility index (Phi) is 7.88. The topological polar surface area (TPSA) is 45.4 Å². The van der Waals surface area contributed by atoms with E-state index in [0.717, 1.165) is 18.1 Å². The summed E-state index contributed by atoms with van der Waals surface area (Å²) in [6.45, 7) is 11.8. The lowest BCUT2D eigenvalue weighted by Crippen LogP contribution is -2.26. The van der Waals surface area contributed by atoms with Gasteiger partial charge in [0.15, 0.2) is 0 Å². The Morgan fingerprint density at radius 1 is 1.19 bits per heavy atom. The molecule has 1 aliphatic heterocycles. The van der Waals surface area contributed by atoms with Crippen LogP contribution >= 0.6 is 11.6 Å². The molecule has 0 spiro atoms. The third-order valence-corrected chi connectivity index (χ3v) is 4.79. The molecule has 0 aliphatic carbocycles. The van der Waals surface area contributed by atoms with Gasteiger partial charge in [0.1, 0.15) is 5.82 Å². The number of likely N-dealkylation sites (tertiary alicyclic amines) is 1. The van der Waals surface area contributed by atoms with Gasteiger partial charge in [0.2, 0.25) is 0 Å². The molecule has 4 nitrogen and oxygen atoms in total. The molecule has 2 N–H and O–H groups in total. The molecule has 1 aliphatic rings. The molecule has 26 heavy (non-hydrogen) atoms. The summed E-state index contributed by atoms with van der Waals surface area (Å²) in [5, 5.41) is 2.26. The summed E-state index contributed by atoms with van der Waals surface area (Å²) in [7, 11) is 0. The molecule has 5 heteroatoms. The summed E-state index contributed by atoms with van der Waals surface area (Å²) < 4.78 is 0. The molecule has 3 rings (SSSR count). The van der Waals surface area contributed by atoms with Crippen LogP contribution in [0.2, 0.25) is 5.02 Å². The highest BCUT2D eigenvalue weighted by molar-refractivity contribution is 6.30. The van der Waals surface area contributed by atoms with E-state index in [1.807, 2.05) is 44.3 Å². The summed E-state index contributed by atoms with van der Waals surface area (Å²) >= 11 is 6.07. The summed E-state index contributed by atoms with van der Waals surface area (Å²) in [5.74, 6) is 7.44. The van der Waals surface area contributed by atoms with Gasteiger partial charge < -0.3 is 0 Å². The highest BCUT2D eigenvalue weighted by atomic mass is 35.5. The van der Waals surface area contributed by atoms with Crippen molar-refractivity contribution in [3.8, 4) is 0 Å². The second-order valence-electron chi connectivity index (χ2n) is 6.73. The van der Waals surface area contributed by atoms with E-state index in [1.54, 1.807) is 5.01 Å². The first-order valence-corrected chi connectivity index (χ1v) is 9.94. The van der Waals surface area contributed by atoms with Gasteiger partial charge in [-0.05, 0) is 67.2 Å². The molecule has 0 bridgehead atoms. The summed E-state index contributed by atoms with van der Waals surface area (Å²) in [6.07, 6.45) is 4.58. The Morgan fingerprint density at radius 3 is 2.50 bits per heavy atom. The zero-order valence-corrected chi connectivity index (χ0v) is 17.1. The summed E-state index contributed by atoms with van der Waals surface area (Å²) in [5.41, 5.74) is 3.44. The van der Waals surface area contributed by atoms with Crippen LogP contribution in [0.25, 0.3) is 0 Å². The maximum atomic E-state index is 6.27. The lowest BCUT2D eigenvalue weighted by Gasteiger charge is -2.23. The monoisotopic (exact) mass is 374 g/mol. The molecule has 0 radical (unpaired) electrons. The first-order valence-electron chi connectivity index (χ1n) is 9.56. The molecular formula is C21H31ClN4. The fourth-order valence-electron chi connectivity index (χ4n) is 3.23. The number of halogens is 1. The van der Waals surface area contributed by atoms with Crippen LogP contribution < -0.4 is 10.9 Å². The summed E-state index contributed by atoms with van der Waals surface area (Å²) in [6, 6.07) is 9.61. The van der Waals surface area contributed by atoms with Crippen molar-refractivity contribution in [1.82, 2.24) is 9.88 Å². The van der Waals surface area contributed by atoms with E-state index in [4.69, 9.17) is 17.4 Å². The van der Waals surface area contributed by atoms with Crippen LogP contribution in [-0.4, -0.2) is 23.0 Å². The third-order valence-electron chi connectivity index (χ3n) is 4.56. The Bertz CT molecular complexity index is 696. The lowest BCUT2D eigenvalue weighted by molar-refractivity contribution is 0.329. The Labute approximate surface area is 162 Å². The maximum absolute atomic E-state index is 6.27. The first kappa shape index (κ1) is 20.7. The van der Waals surface area contributed by atoms with Gasteiger partial charge in [0.25, 0.3) is 0 Å².